The zero-order valence-corrected chi connectivity index (χ0v) is 18.2. The molecule has 2 amide bonds. The third kappa shape index (κ3) is 4.06. The number of anilines is 1. The van der Waals surface area contributed by atoms with Gasteiger partial charge in [0.15, 0.2) is 4.34 Å². The van der Waals surface area contributed by atoms with Gasteiger partial charge < -0.3 is 10.2 Å². The summed E-state index contributed by atoms with van der Waals surface area (Å²) in [6.45, 7) is 0.476. The van der Waals surface area contributed by atoms with Gasteiger partial charge in [-0.2, -0.15) is 0 Å². The van der Waals surface area contributed by atoms with E-state index in [1.165, 1.54) is 11.8 Å². The van der Waals surface area contributed by atoms with Gasteiger partial charge in [0, 0.05) is 11.3 Å². The number of carbonyl (C=O) groups excluding carboxylic acids is 2. The molecule has 5 rings (SSSR count). The number of rotatable bonds is 6. The van der Waals surface area contributed by atoms with Crippen LogP contribution in [-0.4, -0.2) is 22.6 Å². The normalized spacial score (nSPS) is 15.3. The van der Waals surface area contributed by atoms with Crippen LogP contribution in [0.15, 0.2) is 83.2 Å². The maximum absolute atomic E-state index is 13.2. The minimum atomic E-state index is -0.664. The highest BCUT2D eigenvalue weighted by Crippen LogP contribution is 2.37. The summed E-state index contributed by atoms with van der Waals surface area (Å²) in [4.78, 5) is 32.2. The minimum Gasteiger partial charge on any atom is -0.340 e. The van der Waals surface area contributed by atoms with Gasteiger partial charge in [0.1, 0.15) is 6.04 Å². The lowest BCUT2D eigenvalue weighted by Gasteiger charge is -2.18. The fourth-order valence-corrected chi connectivity index (χ4v) is 5.58. The topological polar surface area (TPSA) is 62.3 Å². The summed E-state index contributed by atoms with van der Waals surface area (Å²) < 4.78 is 1.95. The van der Waals surface area contributed by atoms with Crippen molar-refractivity contribution in [3.8, 4) is 0 Å². The smallest absolute Gasteiger partial charge is 0.254 e. The number of fused-ring (bicyclic) bond motifs is 2. The summed E-state index contributed by atoms with van der Waals surface area (Å²) in [5.41, 5.74) is 3.66. The molecular weight excluding hydrogens is 426 g/mol. The molecule has 0 radical (unpaired) electrons. The minimum absolute atomic E-state index is 0.108. The van der Waals surface area contributed by atoms with Gasteiger partial charge in [0.05, 0.1) is 22.5 Å². The van der Waals surface area contributed by atoms with E-state index in [2.05, 4.69) is 10.3 Å². The number of thiazole rings is 1. The van der Waals surface area contributed by atoms with Crippen molar-refractivity contribution < 1.29 is 9.59 Å². The Morgan fingerprint density at radius 1 is 1.00 bits per heavy atom. The summed E-state index contributed by atoms with van der Waals surface area (Å²) in [7, 11) is 0. The van der Waals surface area contributed by atoms with E-state index in [0.29, 0.717) is 6.54 Å². The maximum Gasteiger partial charge on any atom is 0.254 e. The zero-order chi connectivity index (χ0) is 21.2. The predicted octanol–water partition coefficient (Wildman–Crippen LogP) is 4.79. The van der Waals surface area contributed by atoms with Gasteiger partial charge in [-0.3, -0.25) is 9.59 Å². The van der Waals surface area contributed by atoms with Crippen molar-refractivity contribution in [2.75, 3.05) is 10.7 Å². The first-order valence-corrected chi connectivity index (χ1v) is 11.7. The van der Waals surface area contributed by atoms with E-state index in [0.717, 1.165) is 31.4 Å². The molecule has 0 bridgehead atoms. The molecular formula is C24H19N3O2S2. The molecule has 5 nitrogen and oxygen atoms in total. The molecule has 0 unspecified atom stereocenters. The number of hydrogen-bond acceptors (Lipinski definition) is 5. The molecule has 3 aromatic carbocycles. The number of thioether (sulfide) groups is 1. The molecule has 1 aromatic heterocycles. The average Bonchev–Trinajstić information content (AvgIpc) is 3.33. The fourth-order valence-electron chi connectivity index (χ4n) is 3.70. The molecule has 0 saturated carbocycles. The van der Waals surface area contributed by atoms with Crippen LogP contribution in [0.25, 0.3) is 10.2 Å². The lowest BCUT2D eigenvalue weighted by molar-refractivity contribution is -0.125. The average molecular weight is 446 g/mol. The number of benzene rings is 3. The standard InChI is InChI=1S/C24H19N3O2S2/c28-21(15-30-24-25-18-11-5-7-13-20(18)31-24)26-22-17-10-4-6-12-19(17)27(23(22)29)14-16-8-2-1-3-9-16/h1-13,22H,14-15H2,(H,26,28)/t22-/m1/s1. The highest BCUT2D eigenvalue weighted by Gasteiger charge is 2.37. The van der Waals surface area contributed by atoms with Crippen molar-refractivity contribution in [3.63, 3.8) is 0 Å². The van der Waals surface area contributed by atoms with Crippen molar-refractivity contribution in [1.82, 2.24) is 10.3 Å². The Hall–Kier alpha value is -3.16. The van der Waals surface area contributed by atoms with Gasteiger partial charge in [-0.1, -0.05) is 72.4 Å². The first-order valence-electron chi connectivity index (χ1n) is 9.91. The Morgan fingerprint density at radius 3 is 2.58 bits per heavy atom. The largest absolute Gasteiger partial charge is 0.340 e. The Labute approximate surface area is 188 Å². The number of carbonyl (C=O) groups is 2. The molecule has 2 heterocycles. The van der Waals surface area contributed by atoms with Crippen LogP contribution in [0.5, 0.6) is 0 Å². The van der Waals surface area contributed by atoms with E-state index in [4.69, 9.17) is 0 Å². The molecule has 0 saturated heterocycles. The maximum atomic E-state index is 13.2. The fraction of sp³-hybridized carbons (Fsp3) is 0.125. The van der Waals surface area contributed by atoms with Gasteiger partial charge >= 0.3 is 0 Å². The molecule has 4 aromatic rings. The second kappa shape index (κ2) is 8.53. The van der Waals surface area contributed by atoms with Crippen LogP contribution in [0.3, 0.4) is 0 Å². The Kier molecular flexibility index (Phi) is 5.44. The Morgan fingerprint density at radius 2 is 1.74 bits per heavy atom. The Balaban J connectivity index is 1.29. The molecule has 31 heavy (non-hydrogen) atoms. The second-order valence-corrected chi connectivity index (χ2v) is 9.46. The Bertz CT molecular complexity index is 1220. The summed E-state index contributed by atoms with van der Waals surface area (Å²) in [6, 6.07) is 24.8. The zero-order valence-electron chi connectivity index (χ0n) is 16.5. The van der Waals surface area contributed by atoms with Gasteiger partial charge in [0.25, 0.3) is 5.91 Å². The van der Waals surface area contributed by atoms with Crippen LogP contribution < -0.4 is 10.2 Å². The van der Waals surface area contributed by atoms with E-state index < -0.39 is 6.04 Å². The number of hydrogen-bond donors (Lipinski definition) is 1. The summed E-state index contributed by atoms with van der Waals surface area (Å²) >= 11 is 2.96. The van der Waals surface area contributed by atoms with Crippen molar-refractivity contribution in [2.24, 2.45) is 0 Å². The van der Waals surface area contributed by atoms with Crippen LogP contribution in [0.1, 0.15) is 17.2 Å². The van der Waals surface area contributed by atoms with E-state index in [1.807, 2.05) is 78.9 Å². The third-order valence-corrected chi connectivity index (χ3v) is 7.32. The molecule has 0 fully saturated rings. The quantitative estimate of drug-likeness (QED) is 0.434. The number of nitrogens with one attached hydrogen (secondary N) is 1. The second-order valence-electron chi connectivity index (χ2n) is 7.21. The van der Waals surface area contributed by atoms with Gasteiger partial charge in [-0.05, 0) is 23.8 Å². The predicted molar refractivity (Wildman–Crippen MR) is 125 cm³/mol. The van der Waals surface area contributed by atoms with Crippen LogP contribution in [0.2, 0.25) is 0 Å². The molecule has 1 atom stereocenters. The monoisotopic (exact) mass is 445 g/mol. The van der Waals surface area contributed by atoms with Crippen molar-refractivity contribution in [3.05, 3.63) is 90.0 Å². The molecule has 1 N–H and O–H groups in total. The molecule has 0 aliphatic carbocycles. The lowest BCUT2D eigenvalue weighted by atomic mass is 10.1. The van der Waals surface area contributed by atoms with Gasteiger partial charge in [-0.25, -0.2) is 4.98 Å². The molecule has 7 heteroatoms. The van der Waals surface area contributed by atoms with E-state index in [-0.39, 0.29) is 17.6 Å². The van der Waals surface area contributed by atoms with Crippen LogP contribution >= 0.6 is 23.1 Å². The number of nitrogens with zero attached hydrogens (tertiary/aromatic N) is 2. The number of para-hydroxylation sites is 2. The van der Waals surface area contributed by atoms with Crippen LogP contribution in [-0.2, 0) is 16.1 Å². The van der Waals surface area contributed by atoms with Crippen LogP contribution in [0, 0.1) is 0 Å². The number of amides is 2. The van der Waals surface area contributed by atoms with Crippen molar-refractivity contribution in [1.29, 1.82) is 0 Å². The SMILES string of the molecule is O=C(CSc1nc2ccccc2s1)N[C@H]1C(=O)N(Cc2ccccc2)c2ccccc21. The third-order valence-electron chi connectivity index (χ3n) is 5.14. The first kappa shape index (κ1) is 19.8. The molecule has 1 aliphatic heterocycles. The molecule has 1 aliphatic rings. The lowest BCUT2D eigenvalue weighted by Crippen LogP contribution is -2.38. The summed E-state index contributed by atoms with van der Waals surface area (Å²) in [5.74, 6) is -0.0767. The van der Waals surface area contributed by atoms with E-state index in [9.17, 15) is 9.59 Å². The van der Waals surface area contributed by atoms with E-state index in [1.54, 1.807) is 16.2 Å². The highest BCUT2D eigenvalue weighted by molar-refractivity contribution is 8.01. The van der Waals surface area contributed by atoms with E-state index >= 15 is 0 Å². The van der Waals surface area contributed by atoms with Crippen LogP contribution in [0.4, 0.5) is 5.69 Å². The summed E-state index contributed by atoms with van der Waals surface area (Å²) in [6.07, 6.45) is 0. The molecule has 154 valence electrons. The first-order chi connectivity index (χ1) is 15.2. The molecule has 0 spiro atoms. The number of aromatic nitrogens is 1. The van der Waals surface area contributed by atoms with Crippen molar-refractivity contribution >= 4 is 50.8 Å². The van der Waals surface area contributed by atoms with Gasteiger partial charge in [-0.15, -0.1) is 11.3 Å². The highest BCUT2D eigenvalue weighted by atomic mass is 32.2. The van der Waals surface area contributed by atoms with Crippen molar-refractivity contribution in [2.45, 2.75) is 16.9 Å². The summed E-state index contributed by atoms with van der Waals surface area (Å²) in [5, 5.41) is 2.93. The van der Waals surface area contributed by atoms with Gasteiger partial charge in [0.2, 0.25) is 5.91 Å².